The third-order valence-electron chi connectivity index (χ3n) is 6.43. The van der Waals surface area contributed by atoms with Crippen LogP contribution in [0.4, 0.5) is 0 Å². The summed E-state index contributed by atoms with van der Waals surface area (Å²) < 4.78 is 4.49. The quantitative estimate of drug-likeness (QED) is 0.549. The Balaban J connectivity index is 1.24. The SMILES string of the molecule is Cn1c(=O)c2c(ncn2CCCCCCCC2CCc3ccccc32)n(C)c1=O. The van der Waals surface area contributed by atoms with Gasteiger partial charge in [0.1, 0.15) is 0 Å². The fourth-order valence-corrected chi connectivity index (χ4v) is 4.71. The molecule has 154 valence electrons. The Morgan fingerprint density at radius 3 is 2.62 bits per heavy atom. The fourth-order valence-electron chi connectivity index (χ4n) is 4.71. The molecular weight excluding hydrogens is 364 g/mol. The largest absolute Gasteiger partial charge is 0.332 e. The summed E-state index contributed by atoms with van der Waals surface area (Å²) in [6, 6.07) is 8.91. The lowest BCUT2D eigenvalue weighted by Gasteiger charge is -2.11. The standard InChI is InChI=1S/C23H30N4O2/c1-25-21-20(22(28)26(2)23(25)29)27(16-24-21)15-9-5-3-4-6-10-17-13-14-18-11-7-8-12-19(17)18/h7-8,11-12,16-17H,3-6,9-10,13-15H2,1-2H3. The highest BCUT2D eigenvalue weighted by molar-refractivity contribution is 5.69. The van der Waals surface area contributed by atoms with E-state index in [1.165, 1.54) is 50.1 Å². The van der Waals surface area contributed by atoms with Crippen molar-refractivity contribution >= 4 is 11.2 Å². The summed E-state index contributed by atoms with van der Waals surface area (Å²) in [6.07, 6.45) is 11.5. The average molecular weight is 395 g/mol. The van der Waals surface area contributed by atoms with Crippen LogP contribution in [-0.4, -0.2) is 18.7 Å². The molecule has 3 aromatic rings. The molecule has 6 heteroatoms. The first-order chi connectivity index (χ1) is 14.1. The lowest BCUT2D eigenvalue weighted by molar-refractivity contribution is 0.523. The summed E-state index contributed by atoms with van der Waals surface area (Å²) in [4.78, 5) is 28.8. The molecule has 1 aliphatic rings. The normalized spacial score (nSPS) is 15.9. The van der Waals surface area contributed by atoms with Crippen molar-refractivity contribution in [3.63, 3.8) is 0 Å². The van der Waals surface area contributed by atoms with Crippen LogP contribution >= 0.6 is 0 Å². The van der Waals surface area contributed by atoms with Gasteiger partial charge in [-0.25, -0.2) is 9.78 Å². The van der Waals surface area contributed by atoms with Crippen LogP contribution in [0.3, 0.4) is 0 Å². The van der Waals surface area contributed by atoms with Crippen molar-refractivity contribution in [3.05, 3.63) is 62.6 Å². The molecule has 6 nitrogen and oxygen atoms in total. The van der Waals surface area contributed by atoms with Gasteiger partial charge in [0, 0.05) is 20.6 Å². The van der Waals surface area contributed by atoms with Crippen molar-refractivity contribution in [1.82, 2.24) is 18.7 Å². The molecule has 1 atom stereocenters. The Kier molecular flexibility index (Phi) is 5.69. The van der Waals surface area contributed by atoms with E-state index in [0.717, 1.165) is 29.9 Å². The van der Waals surface area contributed by atoms with Crippen molar-refractivity contribution in [2.24, 2.45) is 14.1 Å². The van der Waals surface area contributed by atoms with Gasteiger partial charge in [0.05, 0.1) is 6.33 Å². The summed E-state index contributed by atoms with van der Waals surface area (Å²) in [5, 5.41) is 0. The van der Waals surface area contributed by atoms with E-state index in [1.54, 1.807) is 24.5 Å². The lowest BCUT2D eigenvalue weighted by Crippen LogP contribution is -2.37. The van der Waals surface area contributed by atoms with Gasteiger partial charge in [-0.1, -0.05) is 49.9 Å². The van der Waals surface area contributed by atoms with Crippen molar-refractivity contribution in [3.8, 4) is 0 Å². The number of rotatable bonds is 8. The molecule has 0 fully saturated rings. The van der Waals surface area contributed by atoms with Crippen molar-refractivity contribution in [2.75, 3.05) is 0 Å². The molecule has 2 heterocycles. The number of imidazole rings is 1. The van der Waals surface area contributed by atoms with Gasteiger partial charge in [-0.3, -0.25) is 13.9 Å². The zero-order chi connectivity index (χ0) is 20.4. The predicted octanol–water partition coefficient (Wildman–Crippen LogP) is 3.50. The highest BCUT2D eigenvalue weighted by Gasteiger charge is 2.21. The van der Waals surface area contributed by atoms with Crippen LogP contribution in [0.1, 0.15) is 62.0 Å². The van der Waals surface area contributed by atoms with E-state index in [0.29, 0.717) is 11.2 Å². The maximum Gasteiger partial charge on any atom is 0.332 e. The summed E-state index contributed by atoms with van der Waals surface area (Å²) in [7, 11) is 3.17. The van der Waals surface area contributed by atoms with Crippen LogP contribution in [0.15, 0.2) is 40.2 Å². The van der Waals surface area contributed by atoms with Crippen LogP contribution in [0, 0.1) is 0 Å². The molecule has 0 radical (unpaired) electrons. The minimum Gasteiger partial charge on any atom is -0.325 e. The van der Waals surface area contributed by atoms with E-state index in [-0.39, 0.29) is 11.2 Å². The second-order valence-electron chi connectivity index (χ2n) is 8.31. The van der Waals surface area contributed by atoms with Crippen molar-refractivity contribution in [2.45, 2.75) is 63.8 Å². The van der Waals surface area contributed by atoms with E-state index in [1.807, 2.05) is 4.57 Å². The van der Waals surface area contributed by atoms with Crippen LogP contribution in [0.25, 0.3) is 11.2 Å². The summed E-state index contributed by atoms with van der Waals surface area (Å²) >= 11 is 0. The summed E-state index contributed by atoms with van der Waals surface area (Å²) in [6.45, 7) is 0.764. The molecule has 1 unspecified atom stereocenters. The second-order valence-corrected chi connectivity index (χ2v) is 8.31. The Bertz CT molecular complexity index is 1120. The molecule has 0 spiro atoms. The van der Waals surface area contributed by atoms with Crippen molar-refractivity contribution < 1.29 is 0 Å². The van der Waals surface area contributed by atoms with Crippen LogP contribution in [-0.2, 0) is 27.1 Å². The fraction of sp³-hybridized carbons (Fsp3) is 0.522. The van der Waals surface area contributed by atoms with E-state index >= 15 is 0 Å². The molecule has 1 aromatic carbocycles. The number of aryl methyl sites for hydroxylation is 3. The molecule has 0 aliphatic heterocycles. The van der Waals surface area contributed by atoms with Gasteiger partial charge in [0.25, 0.3) is 5.56 Å². The first-order valence-electron chi connectivity index (χ1n) is 10.8. The number of hydrogen-bond acceptors (Lipinski definition) is 3. The molecule has 0 bridgehead atoms. The van der Waals surface area contributed by atoms with Gasteiger partial charge in [-0.05, 0) is 42.7 Å². The van der Waals surface area contributed by atoms with E-state index in [4.69, 9.17) is 0 Å². The Labute approximate surface area is 170 Å². The van der Waals surface area contributed by atoms with Crippen LogP contribution < -0.4 is 11.2 Å². The van der Waals surface area contributed by atoms with Gasteiger partial charge < -0.3 is 4.57 Å². The topological polar surface area (TPSA) is 61.8 Å². The first kappa shape index (κ1) is 19.7. The van der Waals surface area contributed by atoms with Gasteiger partial charge in [0.15, 0.2) is 11.2 Å². The molecular formula is C23H30N4O2. The highest BCUT2D eigenvalue weighted by atomic mass is 16.2. The maximum absolute atomic E-state index is 12.5. The monoisotopic (exact) mass is 394 g/mol. The lowest BCUT2D eigenvalue weighted by atomic mass is 9.95. The van der Waals surface area contributed by atoms with Gasteiger partial charge >= 0.3 is 5.69 Å². The smallest absolute Gasteiger partial charge is 0.325 e. The van der Waals surface area contributed by atoms with Gasteiger partial charge in [-0.15, -0.1) is 0 Å². The molecule has 0 amide bonds. The predicted molar refractivity (Wildman–Crippen MR) is 115 cm³/mol. The summed E-state index contributed by atoms with van der Waals surface area (Å²) in [5.74, 6) is 0.756. The number of fused-ring (bicyclic) bond motifs is 2. The molecule has 0 saturated heterocycles. The second kappa shape index (κ2) is 8.39. The Morgan fingerprint density at radius 1 is 1.00 bits per heavy atom. The molecule has 0 saturated carbocycles. The third-order valence-corrected chi connectivity index (χ3v) is 6.43. The Hall–Kier alpha value is -2.63. The molecule has 4 rings (SSSR count). The maximum atomic E-state index is 12.5. The van der Waals surface area contributed by atoms with Crippen LogP contribution in [0.5, 0.6) is 0 Å². The number of benzene rings is 1. The molecule has 0 N–H and O–H groups in total. The summed E-state index contributed by atoms with van der Waals surface area (Å²) in [5.41, 5.74) is 3.52. The van der Waals surface area contributed by atoms with Crippen LogP contribution in [0.2, 0.25) is 0 Å². The molecule has 1 aliphatic carbocycles. The number of unbranched alkanes of at least 4 members (excludes halogenated alkanes) is 4. The van der Waals surface area contributed by atoms with Gasteiger partial charge in [-0.2, -0.15) is 0 Å². The highest BCUT2D eigenvalue weighted by Crippen LogP contribution is 2.36. The number of aromatic nitrogens is 4. The average Bonchev–Trinajstić information content (AvgIpc) is 3.34. The first-order valence-corrected chi connectivity index (χ1v) is 10.8. The van der Waals surface area contributed by atoms with Crippen molar-refractivity contribution in [1.29, 1.82) is 0 Å². The zero-order valence-corrected chi connectivity index (χ0v) is 17.4. The van der Waals surface area contributed by atoms with E-state index < -0.39 is 0 Å². The third kappa shape index (κ3) is 3.80. The van der Waals surface area contributed by atoms with E-state index in [9.17, 15) is 9.59 Å². The van der Waals surface area contributed by atoms with Gasteiger partial charge in [0.2, 0.25) is 0 Å². The molecule has 29 heavy (non-hydrogen) atoms. The number of nitrogens with zero attached hydrogens (tertiary/aromatic N) is 4. The minimum absolute atomic E-state index is 0.266. The molecule has 2 aromatic heterocycles. The zero-order valence-electron chi connectivity index (χ0n) is 17.4. The Morgan fingerprint density at radius 2 is 1.76 bits per heavy atom. The number of hydrogen-bond donors (Lipinski definition) is 0. The minimum atomic E-state index is -0.336. The van der Waals surface area contributed by atoms with E-state index in [2.05, 4.69) is 29.2 Å².